The minimum atomic E-state index is -0.319. The summed E-state index contributed by atoms with van der Waals surface area (Å²) in [4.78, 5) is 31.0. The summed E-state index contributed by atoms with van der Waals surface area (Å²) in [6.07, 6.45) is 9.45. The van der Waals surface area contributed by atoms with E-state index in [1.165, 1.54) is 11.9 Å². The third kappa shape index (κ3) is 5.41. The molecular weight excluding hydrogens is 476 g/mol. The maximum atomic E-state index is 13.7. The average molecular weight is 503 g/mol. The van der Waals surface area contributed by atoms with Gasteiger partial charge in [-0.05, 0) is 49.1 Å². The predicted molar refractivity (Wildman–Crippen MR) is 145 cm³/mol. The van der Waals surface area contributed by atoms with Crippen LogP contribution in [0.25, 0.3) is 11.4 Å². The first-order valence-corrected chi connectivity index (χ1v) is 12.6. The summed E-state index contributed by atoms with van der Waals surface area (Å²) in [5.41, 5.74) is 5.12. The molecule has 0 radical (unpaired) electrons. The standard InChI is InChI=1S/C29H26N8O/c38-29(28-25(33-22-17-30-19-31-18-22)12-11-23(34-28)21-9-10-21)35-27-16-26(24-8-4-5-14-32-24)36-37(27)15-13-20-6-2-1-3-7-20/h1-8,11-12,14,16-19,21,33H,9-10,13,15H2,(H,35,38). The molecule has 5 aromatic rings. The van der Waals surface area contributed by atoms with Crippen molar-refractivity contribution in [2.45, 2.75) is 31.7 Å². The van der Waals surface area contributed by atoms with Crippen molar-refractivity contribution in [3.8, 4) is 11.4 Å². The monoisotopic (exact) mass is 502 g/mol. The van der Waals surface area contributed by atoms with E-state index < -0.39 is 0 Å². The summed E-state index contributed by atoms with van der Waals surface area (Å²) in [7, 11) is 0. The topological polar surface area (TPSA) is 111 Å². The van der Waals surface area contributed by atoms with E-state index in [0.29, 0.717) is 41.0 Å². The summed E-state index contributed by atoms with van der Waals surface area (Å²) >= 11 is 0. The van der Waals surface area contributed by atoms with Gasteiger partial charge in [-0.2, -0.15) is 5.10 Å². The number of hydrogen-bond acceptors (Lipinski definition) is 7. The molecule has 0 atom stereocenters. The molecule has 1 fully saturated rings. The maximum Gasteiger partial charge on any atom is 0.277 e. The summed E-state index contributed by atoms with van der Waals surface area (Å²) in [5, 5.41) is 11.1. The molecule has 2 N–H and O–H groups in total. The number of rotatable bonds is 9. The van der Waals surface area contributed by atoms with Crippen LogP contribution >= 0.6 is 0 Å². The minimum Gasteiger partial charge on any atom is -0.351 e. The molecule has 4 aromatic heterocycles. The number of amides is 1. The van der Waals surface area contributed by atoms with Crippen LogP contribution in [0.2, 0.25) is 0 Å². The van der Waals surface area contributed by atoms with Crippen molar-refractivity contribution in [2.75, 3.05) is 10.6 Å². The lowest BCUT2D eigenvalue weighted by molar-refractivity contribution is 0.102. The number of carbonyl (C=O) groups is 1. The highest BCUT2D eigenvalue weighted by atomic mass is 16.2. The van der Waals surface area contributed by atoms with Crippen LogP contribution in [0.3, 0.4) is 0 Å². The van der Waals surface area contributed by atoms with E-state index in [2.05, 4.69) is 37.7 Å². The number of pyridine rings is 2. The molecule has 0 bridgehead atoms. The lowest BCUT2D eigenvalue weighted by Crippen LogP contribution is -2.19. The summed E-state index contributed by atoms with van der Waals surface area (Å²) in [6, 6.07) is 21.6. The Morgan fingerprint density at radius 1 is 0.947 bits per heavy atom. The largest absolute Gasteiger partial charge is 0.351 e. The number of aryl methyl sites for hydroxylation is 2. The van der Waals surface area contributed by atoms with Gasteiger partial charge in [0.05, 0.1) is 29.5 Å². The lowest BCUT2D eigenvalue weighted by Gasteiger charge is -2.13. The molecule has 1 saturated carbocycles. The fraction of sp³-hybridized carbons (Fsp3) is 0.172. The fourth-order valence-corrected chi connectivity index (χ4v) is 4.26. The van der Waals surface area contributed by atoms with Gasteiger partial charge in [-0.25, -0.2) is 19.6 Å². The molecule has 1 amide bonds. The molecule has 0 aliphatic heterocycles. The zero-order chi connectivity index (χ0) is 25.7. The Morgan fingerprint density at radius 2 is 1.76 bits per heavy atom. The zero-order valence-electron chi connectivity index (χ0n) is 20.7. The summed E-state index contributed by atoms with van der Waals surface area (Å²) in [6.45, 7) is 0.592. The highest BCUT2D eigenvalue weighted by Crippen LogP contribution is 2.39. The molecule has 1 aliphatic rings. The second-order valence-electron chi connectivity index (χ2n) is 9.20. The molecule has 0 saturated heterocycles. The van der Waals surface area contributed by atoms with Crippen LogP contribution in [0.1, 0.15) is 40.5 Å². The van der Waals surface area contributed by atoms with Gasteiger partial charge in [-0.1, -0.05) is 36.4 Å². The first-order valence-electron chi connectivity index (χ1n) is 12.6. The Balaban J connectivity index is 1.31. The molecule has 9 heteroatoms. The van der Waals surface area contributed by atoms with E-state index >= 15 is 0 Å². The molecule has 9 nitrogen and oxygen atoms in total. The van der Waals surface area contributed by atoms with Gasteiger partial charge in [0, 0.05) is 30.4 Å². The fourth-order valence-electron chi connectivity index (χ4n) is 4.26. The molecule has 188 valence electrons. The second kappa shape index (κ2) is 10.6. The van der Waals surface area contributed by atoms with Crippen LogP contribution < -0.4 is 10.6 Å². The van der Waals surface area contributed by atoms with Crippen LogP contribution in [0.15, 0.2) is 91.6 Å². The van der Waals surface area contributed by atoms with Crippen LogP contribution in [-0.4, -0.2) is 35.6 Å². The molecular formula is C29H26N8O. The Bertz CT molecular complexity index is 1530. The van der Waals surface area contributed by atoms with Crippen molar-refractivity contribution in [3.63, 3.8) is 0 Å². The lowest BCUT2D eigenvalue weighted by atomic mass is 10.1. The van der Waals surface area contributed by atoms with Crippen molar-refractivity contribution in [1.82, 2.24) is 29.7 Å². The Kier molecular flexibility index (Phi) is 6.55. The normalized spacial score (nSPS) is 12.7. The van der Waals surface area contributed by atoms with Gasteiger partial charge in [-0.3, -0.25) is 9.78 Å². The molecule has 1 aromatic carbocycles. The van der Waals surface area contributed by atoms with Crippen molar-refractivity contribution < 1.29 is 4.79 Å². The van der Waals surface area contributed by atoms with Gasteiger partial charge in [0.15, 0.2) is 5.69 Å². The summed E-state index contributed by atoms with van der Waals surface area (Å²) in [5.74, 6) is 0.669. The second-order valence-corrected chi connectivity index (χ2v) is 9.20. The number of anilines is 3. The van der Waals surface area contributed by atoms with Gasteiger partial charge >= 0.3 is 0 Å². The van der Waals surface area contributed by atoms with Gasteiger partial charge in [0.1, 0.15) is 17.8 Å². The molecule has 0 spiro atoms. The number of hydrogen-bond donors (Lipinski definition) is 2. The third-order valence-electron chi connectivity index (χ3n) is 6.37. The number of benzene rings is 1. The molecule has 0 unspecified atom stereocenters. The van der Waals surface area contributed by atoms with Crippen molar-refractivity contribution in [3.05, 3.63) is 109 Å². The predicted octanol–water partition coefficient (Wildman–Crippen LogP) is 5.25. The van der Waals surface area contributed by atoms with Crippen molar-refractivity contribution in [2.24, 2.45) is 0 Å². The smallest absolute Gasteiger partial charge is 0.277 e. The van der Waals surface area contributed by atoms with Gasteiger partial charge in [0.25, 0.3) is 5.91 Å². The number of carbonyl (C=O) groups excluding carboxylic acids is 1. The Labute approximate surface area is 220 Å². The first kappa shape index (κ1) is 23.5. The highest BCUT2D eigenvalue weighted by molar-refractivity contribution is 6.06. The van der Waals surface area contributed by atoms with Gasteiger partial charge < -0.3 is 10.6 Å². The van der Waals surface area contributed by atoms with Crippen LogP contribution in [0.5, 0.6) is 0 Å². The first-order chi connectivity index (χ1) is 18.7. The van der Waals surface area contributed by atoms with E-state index in [0.717, 1.165) is 30.7 Å². The number of nitrogens with one attached hydrogen (secondary N) is 2. The van der Waals surface area contributed by atoms with E-state index in [-0.39, 0.29) is 5.91 Å². The Morgan fingerprint density at radius 3 is 2.53 bits per heavy atom. The van der Waals surface area contributed by atoms with E-state index in [1.807, 2.05) is 59.3 Å². The SMILES string of the molecule is O=C(Nc1cc(-c2ccccn2)nn1CCc1ccccc1)c1nc(C2CC2)ccc1Nc1cncnc1. The molecule has 1 aliphatic carbocycles. The Hall–Kier alpha value is -4.92. The molecule has 38 heavy (non-hydrogen) atoms. The maximum absolute atomic E-state index is 13.7. The quantitative estimate of drug-likeness (QED) is 0.283. The highest BCUT2D eigenvalue weighted by Gasteiger charge is 2.27. The van der Waals surface area contributed by atoms with E-state index in [9.17, 15) is 4.79 Å². The number of nitrogens with zero attached hydrogens (tertiary/aromatic N) is 6. The van der Waals surface area contributed by atoms with Gasteiger partial charge in [0.2, 0.25) is 0 Å². The summed E-state index contributed by atoms with van der Waals surface area (Å²) < 4.78 is 1.82. The zero-order valence-corrected chi connectivity index (χ0v) is 20.7. The average Bonchev–Trinajstić information content (AvgIpc) is 3.74. The van der Waals surface area contributed by atoms with Crippen molar-refractivity contribution in [1.29, 1.82) is 0 Å². The van der Waals surface area contributed by atoms with E-state index in [4.69, 9.17) is 10.1 Å². The third-order valence-corrected chi connectivity index (χ3v) is 6.37. The van der Waals surface area contributed by atoms with E-state index in [1.54, 1.807) is 18.6 Å². The molecule has 4 heterocycles. The van der Waals surface area contributed by atoms with Crippen LogP contribution in [0.4, 0.5) is 17.2 Å². The van der Waals surface area contributed by atoms with Crippen LogP contribution in [0, 0.1) is 0 Å². The molecule has 6 rings (SSSR count). The number of aromatic nitrogens is 6. The minimum absolute atomic E-state index is 0.313. The van der Waals surface area contributed by atoms with Gasteiger partial charge in [-0.15, -0.1) is 0 Å². The van der Waals surface area contributed by atoms with Crippen LogP contribution in [-0.2, 0) is 13.0 Å². The van der Waals surface area contributed by atoms with Crippen molar-refractivity contribution >= 4 is 23.1 Å².